The Morgan fingerprint density at radius 2 is 2.00 bits per heavy atom. The SMILES string of the molecule is C=C1CC[C@H](C(C)C)[C@@H]2[C@H]1[C@H]1CC(=C)[C@@H](O)CC[C@@](C)(OC(C)=O)[C@@H]2O1. The molecule has 0 radical (unpaired) electrons. The standard InChI is InChI=1S/C22H34O4/c1-12(2)16-8-7-13(3)19-18-11-14(4)17(24)9-10-22(6,26-15(5)23)21(25-18)20(16)19/h12,16-21,24H,3-4,7-11H2,1-2,5-6H3/t16-,17+,18-,19-,20-,21-,22-/m1/s1. The molecule has 0 aromatic heterocycles. The van der Waals surface area contributed by atoms with Gasteiger partial charge in [-0.3, -0.25) is 4.79 Å². The highest BCUT2D eigenvalue weighted by molar-refractivity contribution is 5.66. The van der Waals surface area contributed by atoms with Gasteiger partial charge in [0.2, 0.25) is 0 Å². The number of ether oxygens (including phenoxy) is 2. The lowest BCUT2D eigenvalue weighted by Crippen LogP contribution is -2.50. The molecule has 4 heteroatoms. The monoisotopic (exact) mass is 362 g/mol. The van der Waals surface area contributed by atoms with Crippen molar-refractivity contribution in [3.05, 3.63) is 24.3 Å². The van der Waals surface area contributed by atoms with E-state index in [0.29, 0.717) is 37.0 Å². The Morgan fingerprint density at radius 1 is 1.31 bits per heavy atom. The van der Waals surface area contributed by atoms with E-state index in [1.54, 1.807) is 0 Å². The number of aliphatic hydroxyl groups excluding tert-OH is 1. The number of esters is 1. The minimum atomic E-state index is -0.736. The van der Waals surface area contributed by atoms with Crippen LogP contribution in [-0.2, 0) is 14.3 Å². The third-order valence-electron chi connectivity index (χ3n) is 6.93. The Balaban J connectivity index is 2.05. The Kier molecular flexibility index (Phi) is 5.38. The molecule has 1 N–H and O–H groups in total. The molecule has 2 saturated heterocycles. The van der Waals surface area contributed by atoms with E-state index in [1.807, 2.05) is 6.92 Å². The van der Waals surface area contributed by atoms with Crippen LogP contribution in [-0.4, -0.2) is 35.0 Å². The van der Waals surface area contributed by atoms with Gasteiger partial charge in [-0.2, -0.15) is 0 Å². The van der Waals surface area contributed by atoms with Gasteiger partial charge in [-0.1, -0.05) is 32.6 Å². The smallest absolute Gasteiger partial charge is 0.303 e. The summed E-state index contributed by atoms with van der Waals surface area (Å²) in [6.07, 6.45) is 3.13. The molecule has 2 aliphatic heterocycles. The van der Waals surface area contributed by atoms with Crippen LogP contribution in [0.3, 0.4) is 0 Å². The highest BCUT2D eigenvalue weighted by atomic mass is 16.6. The van der Waals surface area contributed by atoms with Crippen LogP contribution in [0.1, 0.15) is 59.8 Å². The molecule has 3 aliphatic rings. The van der Waals surface area contributed by atoms with E-state index in [1.165, 1.54) is 12.5 Å². The zero-order chi connectivity index (χ0) is 19.2. The summed E-state index contributed by atoms with van der Waals surface area (Å²) in [5.74, 6) is 1.32. The van der Waals surface area contributed by atoms with Crippen molar-refractivity contribution in [3.8, 4) is 0 Å². The van der Waals surface area contributed by atoms with Crippen molar-refractivity contribution in [1.82, 2.24) is 0 Å². The van der Waals surface area contributed by atoms with Crippen LogP contribution >= 0.6 is 0 Å². The average molecular weight is 363 g/mol. The average Bonchev–Trinajstić information content (AvgIpc) is 2.93. The molecule has 0 aromatic carbocycles. The van der Waals surface area contributed by atoms with Gasteiger partial charge in [-0.25, -0.2) is 0 Å². The van der Waals surface area contributed by atoms with Crippen LogP contribution in [0.5, 0.6) is 0 Å². The first-order chi connectivity index (χ1) is 12.1. The summed E-state index contributed by atoms with van der Waals surface area (Å²) < 4.78 is 12.5. The van der Waals surface area contributed by atoms with Gasteiger partial charge in [-0.15, -0.1) is 0 Å². The van der Waals surface area contributed by atoms with Crippen LogP contribution in [0.2, 0.25) is 0 Å². The third-order valence-corrected chi connectivity index (χ3v) is 6.93. The van der Waals surface area contributed by atoms with Crippen LogP contribution in [0.4, 0.5) is 0 Å². The lowest BCUT2D eigenvalue weighted by molar-refractivity contribution is -0.179. The van der Waals surface area contributed by atoms with Crippen molar-refractivity contribution < 1.29 is 19.4 Å². The van der Waals surface area contributed by atoms with Crippen molar-refractivity contribution in [1.29, 1.82) is 0 Å². The summed E-state index contributed by atoms with van der Waals surface area (Å²) >= 11 is 0. The fraction of sp³-hybridized carbons (Fsp3) is 0.773. The molecule has 2 bridgehead atoms. The van der Waals surface area contributed by atoms with Crippen molar-refractivity contribution in [2.24, 2.45) is 23.7 Å². The van der Waals surface area contributed by atoms with E-state index in [4.69, 9.17) is 9.47 Å². The van der Waals surface area contributed by atoms with Gasteiger partial charge in [0, 0.05) is 18.8 Å². The molecule has 3 fully saturated rings. The second-order valence-corrected chi connectivity index (χ2v) is 9.13. The van der Waals surface area contributed by atoms with E-state index in [0.717, 1.165) is 18.4 Å². The topological polar surface area (TPSA) is 55.8 Å². The molecule has 0 spiro atoms. The fourth-order valence-electron chi connectivity index (χ4n) is 5.64. The second kappa shape index (κ2) is 7.12. The number of aliphatic hydroxyl groups is 1. The van der Waals surface area contributed by atoms with E-state index >= 15 is 0 Å². The van der Waals surface area contributed by atoms with Crippen molar-refractivity contribution >= 4 is 5.97 Å². The Labute approximate surface area is 157 Å². The first kappa shape index (κ1) is 19.6. The summed E-state index contributed by atoms with van der Waals surface area (Å²) in [6, 6.07) is 0. The maximum Gasteiger partial charge on any atom is 0.303 e. The van der Waals surface area contributed by atoms with Crippen molar-refractivity contribution in [2.45, 2.75) is 83.7 Å². The lowest BCUT2D eigenvalue weighted by Gasteiger charge is -2.45. The Hall–Kier alpha value is -1.13. The molecule has 1 saturated carbocycles. The number of rotatable bonds is 2. The highest BCUT2D eigenvalue weighted by Crippen LogP contribution is 2.55. The van der Waals surface area contributed by atoms with Crippen LogP contribution in [0, 0.1) is 23.7 Å². The van der Waals surface area contributed by atoms with Crippen LogP contribution in [0.15, 0.2) is 24.3 Å². The maximum atomic E-state index is 11.9. The summed E-state index contributed by atoms with van der Waals surface area (Å²) in [7, 11) is 0. The Morgan fingerprint density at radius 3 is 2.62 bits per heavy atom. The van der Waals surface area contributed by atoms with E-state index in [9.17, 15) is 9.90 Å². The molecule has 0 aromatic rings. The van der Waals surface area contributed by atoms with Crippen LogP contribution < -0.4 is 0 Å². The molecule has 1 aliphatic carbocycles. The number of carbonyl (C=O) groups is 1. The van der Waals surface area contributed by atoms with E-state index in [2.05, 4.69) is 27.0 Å². The molecule has 3 rings (SSSR count). The molecule has 26 heavy (non-hydrogen) atoms. The van der Waals surface area contributed by atoms with Gasteiger partial charge in [0.05, 0.1) is 12.2 Å². The second-order valence-electron chi connectivity index (χ2n) is 9.13. The summed E-state index contributed by atoms with van der Waals surface area (Å²) in [6.45, 7) is 16.5. The molecule has 146 valence electrons. The van der Waals surface area contributed by atoms with Crippen LogP contribution in [0.25, 0.3) is 0 Å². The van der Waals surface area contributed by atoms with Crippen molar-refractivity contribution in [2.75, 3.05) is 0 Å². The molecular weight excluding hydrogens is 328 g/mol. The van der Waals surface area contributed by atoms with Gasteiger partial charge < -0.3 is 14.6 Å². The molecule has 2 heterocycles. The van der Waals surface area contributed by atoms with Crippen molar-refractivity contribution in [3.63, 3.8) is 0 Å². The predicted molar refractivity (Wildman–Crippen MR) is 102 cm³/mol. The van der Waals surface area contributed by atoms with Gasteiger partial charge >= 0.3 is 5.97 Å². The third kappa shape index (κ3) is 3.38. The predicted octanol–water partition coefficient (Wildman–Crippen LogP) is 4.03. The molecule has 0 unspecified atom stereocenters. The minimum Gasteiger partial charge on any atom is -0.457 e. The largest absolute Gasteiger partial charge is 0.457 e. The van der Waals surface area contributed by atoms with Gasteiger partial charge in [0.25, 0.3) is 0 Å². The fourth-order valence-corrected chi connectivity index (χ4v) is 5.64. The summed E-state index contributed by atoms with van der Waals surface area (Å²) in [4.78, 5) is 11.9. The van der Waals surface area contributed by atoms with E-state index in [-0.39, 0.29) is 24.1 Å². The first-order valence-corrected chi connectivity index (χ1v) is 10.0. The zero-order valence-electron chi connectivity index (χ0n) is 16.7. The molecule has 0 amide bonds. The maximum absolute atomic E-state index is 11.9. The summed E-state index contributed by atoms with van der Waals surface area (Å²) in [5, 5.41) is 10.5. The molecule has 7 atom stereocenters. The van der Waals surface area contributed by atoms with Gasteiger partial charge in [0.15, 0.2) is 0 Å². The molecule has 4 nitrogen and oxygen atoms in total. The molecular formula is C22H34O4. The lowest BCUT2D eigenvalue weighted by atomic mass is 9.61. The number of carbonyl (C=O) groups excluding carboxylic acids is 1. The quantitative estimate of drug-likeness (QED) is 0.595. The van der Waals surface area contributed by atoms with Gasteiger partial charge in [0.1, 0.15) is 11.7 Å². The minimum absolute atomic E-state index is 0.0332. The number of hydrogen-bond acceptors (Lipinski definition) is 4. The Bertz CT molecular complexity index is 595. The highest BCUT2D eigenvalue weighted by Gasteiger charge is 2.58. The number of fused-ring (bicyclic) bond motifs is 5. The normalized spacial score (nSPS) is 43.5. The first-order valence-electron chi connectivity index (χ1n) is 10.0. The zero-order valence-corrected chi connectivity index (χ0v) is 16.7. The van der Waals surface area contributed by atoms with Gasteiger partial charge in [-0.05, 0) is 56.4 Å². The summed E-state index contributed by atoms with van der Waals surface area (Å²) in [5.41, 5.74) is 1.33. The van der Waals surface area contributed by atoms with E-state index < -0.39 is 11.7 Å². The number of hydrogen-bond donors (Lipinski definition) is 1.